The summed E-state index contributed by atoms with van der Waals surface area (Å²) in [6.07, 6.45) is 6.69. The topological polar surface area (TPSA) is 45.4 Å². The van der Waals surface area contributed by atoms with Crippen LogP contribution in [0.2, 0.25) is 0 Å². The smallest absolute Gasteiger partial charge is 0.0836 e. The monoisotopic (exact) mass is 191 g/mol. The van der Waals surface area contributed by atoms with Gasteiger partial charge in [-0.2, -0.15) is 0 Å². The van der Waals surface area contributed by atoms with Gasteiger partial charge < -0.3 is 14.8 Å². The molecule has 1 aliphatic carbocycles. The molecule has 2 N–H and O–H groups in total. The number of nitrogens with zero attached hydrogens (tertiary/aromatic N) is 1. The van der Waals surface area contributed by atoms with Crippen LogP contribution in [0.5, 0.6) is 0 Å². The third-order valence-electron chi connectivity index (χ3n) is 2.45. The van der Waals surface area contributed by atoms with Crippen LogP contribution in [-0.4, -0.2) is 21.4 Å². The predicted octanol–water partition coefficient (Wildman–Crippen LogP) is 1.14. The van der Waals surface area contributed by atoms with Gasteiger partial charge in [-0.1, -0.05) is 6.08 Å². The van der Waals surface area contributed by atoms with Crippen molar-refractivity contribution in [3.8, 4) is 0 Å². The molecule has 1 aliphatic rings. The zero-order valence-electron chi connectivity index (χ0n) is 7.85. The zero-order valence-corrected chi connectivity index (χ0v) is 7.85. The summed E-state index contributed by atoms with van der Waals surface area (Å²) in [5.41, 5.74) is 2.83. The maximum Gasteiger partial charge on any atom is 0.0836 e. The van der Waals surface area contributed by atoms with Crippen molar-refractivity contribution in [1.82, 2.24) is 4.57 Å². The molecule has 1 aromatic heterocycles. The Balaban J connectivity index is 2.43. The Bertz CT molecular complexity index is 388. The number of allylic oxidation sites excluding steroid dienone is 3. The highest BCUT2D eigenvalue weighted by atomic mass is 16.3. The molecule has 0 spiro atoms. The molecule has 74 valence electrons. The quantitative estimate of drug-likeness (QED) is 0.752. The fourth-order valence-electron chi connectivity index (χ4n) is 1.71. The van der Waals surface area contributed by atoms with Gasteiger partial charge in [0, 0.05) is 17.6 Å². The van der Waals surface area contributed by atoms with Crippen LogP contribution in [0.15, 0.2) is 36.1 Å². The maximum atomic E-state index is 9.13. The van der Waals surface area contributed by atoms with Gasteiger partial charge in [0.25, 0.3) is 0 Å². The molecule has 2 rings (SSSR count). The first kappa shape index (κ1) is 9.24. The first-order valence-corrected chi connectivity index (χ1v) is 4.63. The molecule has 0 fully saturated rings. The molecule has 0 bridgehead atoms. The van der Waals surface area contributed by atoms with E-state index in [0.29, 0.717) is 0 Å². The molecule has 0 radical (unpaired) electrons. The van der Waals surface area contributed by atoms with Crippen LogP contribution in [0.4, 0.5) is 0 Å². The highest BCUT2D eigenvalue weighted by Crippen LogP contribution is 2.24. The van der Waals surface area contributed by atoms with Crippen molar-refractivity contribution >= 4 is 5.70 Å². The Labute approximate surface area is 82.6 Å². The van der Waals surface area contributed by atoms with E-state index in [-0.39, 0.29) is 13.2 Å². The average molecular weight is 191 g/mol. The summed E-state index contributed by atoms with van der Waals surface area (Å²) in [6, 6.07) is 3.76. The summed E-state index contributed by atoms with van der Waals surface area (Å²) in [6.45, 7) is 0.0917. The second-order valence-electron chi connectivity index (χ2n) is 3.28. The minimum atomic E-state index is 0.0169. The van der Waals surface area contributed by atoms with E-state index in [2.05, 4.69) is 0 Å². The van der Waals surface area contributed by atoms with E-state index in [1.165, 1.54) is 0 Å². The SMILES string of the molecule is OCC1=C(n2cccc2CO)C=CC1. The molecule has 0 aromatic carbocycles. The van der Waals surface area contributed by atoms with Crippen LogP contribution in [0.25, 0.3) is 5.70 Å². The normalized spacial score (nSPS) is 15.6. The van der Waals surface area contributed by atoms with E-state index >= 15 is 0 Å². The van der Waals surface area contributed by atoms with Crippen molar-refractivity contribution in [2.75, 3.05) is 6.61 Å². The predicted molar refractivity (Wildman–Crippen MR) is 54.4 cm³/mol. The molecule has 0 saturated carbocycles. The summed E-state index contributed by atoms with van der Waals surface area (Å²) < 4.78 is 1.91. The number of rotatable bonds is 3. The summed E-state index contributed by atoms with van der Waals surface area (Å²) in [5.74, 6) is 0. The molecule has 3 nitrogen and oxygen atoms in total. The molecule has 3 heteroatoms. The lowest BCUT2D eigenvalue weighted by molar-refractivity contribution is 0.275. The molecule has 0 amide bonds. The summed E-state index contributed by atoms with van der Waals surface area (Å²) >= 11 is 0. The lowest BCUT2D eigenvalue weighted by atomic mass is 10.2. The molecular formula is C11H13NO2. The van der Waals surface area contributed by atoms with Gasteiger partial charge in [-0.05, 0) is 30.2 Å². The zero-order chi connectivity index (χ0) is 9.97. The van der Waals surface area contributed by atoms with Crippen molar-refractivity contribution in [2.45, 2.75) is 13.0 Å². The van der Waals surface area contributed by atoms with Gasteiger partial charge in [0.05, 0.1) is 13.2 Å². The molecular weight excluding hydrogens is 178 g/mol. The molecule has 0 atom stereocenters. The highest BCUT2D eigenvalue weighted by Gasteiger charge is 2.11. The number of hydrogen-bond donors (Lipinski definition) is 2. The van der Waals surface area contributed by atoms with Crippen molar-refractivity contribution in [3.05, 3.63) is 41.7 Å². The fourth-order valence-corrected chi connectivity index (χ4v) is 1.71. The summed E-state index contributed by atoms with van der Waals surface area (Å²) in [5, 5.41) is 18.2. The minimum absolute atomic E-state index is 0.0169. The van der Waals surface area contributed by atoms with E-state index in [9.17, 15) is 0 Å². The third kappa shape index (κ3) is 1.41. The first-order valence-electron chi connectivity index (χ1n) is 4.63. The van der Waals surface area contributed by atoms with Crippen molar-refractivity contribution in [3.63, 3.8) is 0 Å². The largest absolute Gasteiger partial charge is 0.392 e. The third-order valence-corrected chi connectivity index (χ3v) is 2.45. The molecule has 0 saturated heterocycles. The van der Waals surface area contributed by atoms with E-state index in [0.717, 1.165) is 23.4 Å². The number of hydrogen-bond acceptors (Lipinski definition) is 2. The van der Waals surface area contributed by atoms with Crippen LogP contribution in [-0.2, 0) is 6.61 Å². The van der Waals surface area contributed by atoms with Crippen LogP contribution in [0.1, 0.15) is 12.1 Å². The molecule has 14 heavy (non-hydrogen) atoms. The van der Waals surface area contributed by atoms with Gasteiger partial charge in [-0.25, -0.2) is 0 Å². The number of aromatic nitrogens is 1. The van der Waals surface area contributed by atoms with Crippen molar-refractivity contribution < 1.29 is 10.2 Å². The van der Waals surface area contributed by atoms with Gasteiger partial charge in [-0.3, -0.25) is 0 Å². The lowest BCUT2D eigenvalue weighted by Gasteiger charge is -2.09. The summed E-state index contributed by atoms with van der Waals surface area (Å²) in [4.78, 5) is 0. The Morgan fingerprint density at radius 3 is 2.86 bits per heavy atom. The molecule has 1 heterocycles. The van der Waals surface area contributed by atoms with Gasteiger partial charge in [0.1, 0.15) is 0 Å². The molecule has 0 aliphatic heterocycles. The van der Waals surface area contributed by atoms with Crippen LogP contribution >= 0.6 is 0 Å². The Kier molecular flexibility index (Phi) is 2.52. The van der Waals surface area contributed by atoms with E-state index < -0.39 is 0 Å². The maximum absolute atomic E-state index is 9.13. The average Bonchev–Trinajstić information content (AvgIpc) is 2.85. The van der Waals surface area contributed by atoms with Crippen molar-refractivity contribution in [2.24, 2.45) is 0 Å². The highest BCUT2D eigenvalue weighted by molar-refractivity contribution is 5.66. The van der Waals surface area contributed by atoms with Crippen LogP contribution < -0.4 is 0 Å². The van der Waals surface area contributed by atoms with E-state index in [1.807, 2.05) is 35.0 Å². The van der Waals surface area contributed by atoms with Gasteiger partial charge in [0.15, 0.2) is 0 Å². The number of aliphatic hydroxyl groups excluding tert-OH is 2. The van der Waals surface area contributed by atoms with Gasteiger partial charge in [0.2, 0.25) is 0 Å². The lowest BCUT2D eigenvalue weighted by Crippen LogP contribution is -2.02. The van der Waals surface area contributed by atoms with E-state index in [1.54, 1.807) is 0 Å². The second kappa shape index (κ2) is 3.82. The standard InChI is InChI=1S/C11H13NO2/c13-7-9-3-1-5-11(9)12-6-2-4-10(12)8-14/h1-2,4-6,13-14H,3,7-8H2. The molecule has 0 unspecified atom stereocenters. The number of aliphatic hydroxyl groups is 2. The summed E-state index contributed by atoms with van der Waals surface area (Å²) in [7, 11) is 0. The van der Waals surface area contributed by atoms with Crippen LogP contribution in [0, 0.1) is 0 Å². The second-order valence-corrected chi connectivity index (χ2v) is 3.28. The van der Waals surface area contributed by atoms with Crippen LogP contribution in [0.3, 0.4) is 0 Å². The van der Waals surface area contributed by atoms with Crippen molar-refractivity contribution in [1.29, 1.82) is 0 Å². The Morgan fingerprint density at radius 2 is 2.14 bits per heavy atom. The Hall–Kier alpha value is -1.32. The van der Waals surface area contributed by atoms with E-state index in [4.69, 9.17) is 10.2 Å². The minimum Gasteiger partial charge on any atom is -0.392 e. The van der Waals surface area contributed by atoms with Gasteiger partial charge >= 0.3 is 0 Å². The molecule has 1 aromatic rings. The first-order chi connectivity index (χ1) is 6.86. The van der Waals surface area contributed by atoms with Gasteiger partial charge in [-0.15, -0.1) is 0 Å². The Morgan fingerprint density at radius 1 is 1.29 bits per heavy atom. The fraction of sp³-hybridized carbons (Fsp3) is 0.273.